The van der Waals surface area contributed by atoms with Crippen LogP contribution >= 0.6 is 7.82 Å². The zero-order valence-corrected chi connectivity index (χ0v) is 35.1. The molecule has 0 aliphatic carbocycles. The third-order valence-electron chi connectivity index (χ3n) is 8.72. The Morgan fingerprint density at radius 3 is 1.52 bits per heavy atom. The number of allylic oxidation sites excluding steroid dienone is 10. The van der Waals surface area contributed by atoms with E-state index in [9.17, 15) is 19.4 Å². The van der Waals surface area contributed by atoms with Crippen molar-refractivity contribution in [1.29, 1.82) is 0 Å². The Morgan fingerprint density at radius 1 is 0.593 bits per heavy atom. The van der Waals surface area contributed by atoms with Crippen molar-refractivity contribution in [3.05, 3.63) is 60.8 Å². The van der Waals surface area contributed by atoms with E-state index in [1.165, 1.54) is 83.5 Å². The number of esters is 1. The number of aliphatic hydroxyl groups is 2. The molecule has 10 heteroatoms. The molecular weight excluding hydrogens is 703 g/mol. The molecule has 0 aliphatic heterocycles. The number of carbonyl (C=O) groups excluding carboxylic acids is 1. The zero-order valence-electron chi connectivity index (χ0n) is 34.2. The van der Waals surface area contributed by atoms with Crippen molar-refractivity contribution in [2.24, 2.45) is 0 Å². The molecule has 0 aliphatic rings. The number of phosphoric ester groups is 1. The lowest BCUT2D eigenvalue weighted by atomic mass is 10.0. The first-order valence-corrected chi connectivity index (χ1v) is 22.8. The molecule has 54 heavy (non-hydrogen) atoms. The monoisotopic (exact) mass is 783 g/mol. The molecule has 0 amide bonds. The standard InChI is InChI=1S/C44H79O9P/c1-3-5-7-9-11-13-15-17-19-21-22-24-26-28-30-32-34-36-44(47)53-43(41-52-54(48,49)51-39-42(46)38-45)40-50-37-35-33-31-29-27-25-23-20-18-16-14-12-10-8-6-4-2/h5,7,11,13,17,19,22,24,28,30,42-43,45-46H,3-4,6,8-10,12,14-16,18,20-21,23,25-27,29,31-41H2,1-2H3,(H,48,49)/b7-5-,13-11-,19-17-,24-22-,30-28-. The molecule has 0 rings (SSSR count). The van der Waals surface area contributed by atoms with Gasteiger partial charge in [0.05, 0.1) is 26.4 Å². The normalized spacial score (nSPS) is 14.7. The van der Waals surface area contributed by atoms with Gasteiger partial charge in [-0.05, 0) is 51.4 Å². The van der Waals surface area contributed by atoms with Crippen LogP contribution in [-0.4, -0.2) is 66.3 Å². The highest BCUT2D eigenvalue weighted by Crippen LogP contribution is 2.43. The van der Waals surface area contributed by atoms with E-state index in [0.717, 1.165) is 57.8 Å². The maximum Gasteiger partial charge on any atom is 0.472 e. The van der Waals surface area contributed by atoms with E-state index in [2.05, 4.69) is 68.5 Å². The molecule has 0 heterocycles. The summed E-state index contributed by atoms with van der Waals surface area (Å²) in [5.41, 5.74) is 0. The van der Waals surface area contributed by atoms with Crippen molar-refractivity contribution in [2.75, 3.05) is 33.0 Å². The average molecular weight is 783 g/mol. The number of rotatable bonds is 40. The largest absolute Gasteiger partial charge is 0.472 e. The Labute approximate surface area is 330 Å². The van der Waals surface area contributed by atoms with E-state index in [1.54, 1.807) is 0 Å². The second-order valence-corrected chi connectivity index (χ2v) is 15.4. The Bertz CT molecular complexity index is 1020. The predicted octanol–water partition coefficient (Wildman–Crippen LogP) is 11.6. The van der Waals surface area contributed by atoms with E-state index >= 15 is 0 Å². The zero-order chi connectivity index (χ0) is 39.6. The summed E-state index contributed by atoms with van der Waals surface area (Å²) >= 11 is 0. The molecule has 3 N–H and O–H groups in total. The van der Waals surface area contributed by atoms with Gasteiger partial charge in [-0.3, -0.25) is 13.8 Å². The van der Waals surface area contributed by atoms with Gasteiger partial charge >= 0.3 is 13.8 Å². The maximum absolute atomic E-state index is 12.6. The topological polar surface area (TPSA) is 132 Å². The van der Waals surface area contributed by atoms with Crippen LogP contribution < -0.4 is 0 Å². The van der Waals surface area contributed by atoms with Gasteiger partial charge in [-0.1, -0.05) is 171 Å². The maximum atomic E-state index is 12.6. The molecule has 0 aromatic rings. The second kappa shape index (κ2) is 40.8. The molecule has 3 unspecified atom stereocenters. The van der Waals surface area contributed by atoms with Crippen LogP contribution in [0.1, 0.15) is 168 Å². The van der Waals surface area contributed by atoms with Crippen molar-refractivity contribution in [1.82, 2.24) is 0 Å². The quantitative estimate of drug-likeness (QED) is 0.0240. The molecule has 0 radical (unpaired) electrons. The summed E-state index contributed by atoms with van der Waals surface area (Å²) in [6.07, 6.45) is 46.1. The number of carbonyl (C=O) groups is 1. The van der Waals surface area contributed by atoms with Crippen molar-refractivity contribution in [3.63, 3.8) is 0 Å². The fourth-order valence-electron chi connectivity index (χ4n) is 5.51. The molecule has 9 nitrogen and oxygen atoms in total. The number of phosphoric acid groups is 1. The van der Waals surface area contributed by atoms with Gasteiger partial charge in [-0.15, -0.1) is 0 Å². The first kappa shape index (κ1) is 52.2. The van der Waals surface area contributed by atoms with E-state index in [1.807, 2.05) is 6.08 Å². The van der Waals surface area contributed by atoms with E-state index in [0.29, 0.717) is 13.0 Å². The molecule has 0 fully saturated rings. The van der Waals surface area contributed by atoms with Gasteiger partial charge < -0.3 is 24.6 Å². The summed E-state index contributed by atoms with van der Waals surface area (Å²) in [6.45, 7) is 3.33. The smallest absolute Gasteiger partial charge is 0.457 e. The van der Waals surface area contributed by atoms with E-state index in [-0.39, 0.29) is 13.0 Å². The van der Waals surface area contributed by atoms with Crippen molar-refractivity contribution in [3.8, 4) is 0 Å². The SMILES string of the molecule is CC/C=C\C/C=C\C/C=C\C/C=C\C/C=C\CCCC(=O)OC(COCCCCCCCCCCCCCCCCCC)COP(=O)(O)OCC(O)CO. The van der Waals surface area contributed by atoms with Gasteiger partial charge in [0.1, 0.15) is 12.2 Å². The molecule has 0 saturated heterocycles. The molecule has 0 aromatic heterocycles. The molecule has 0 saturated carbocycles. The van der Waals surface area contributed by atoms with Gasteiger partial charge in [-0.2, -0.15) is 0 Å². The highest BCUT2D eigenvalue weighted by atomic mass is 31.2. The lowest BCUT2D eigenvalue weighted by Gasteiger charge is -2.20. The summed E-state index contributed by atoms with van der Waals surface area (Å²) in [7, 11) is -4.53. The second-order valence-electron chi connectivity index (χ2n) is 14.0. The van der Waals surface area contributed by atoms with Crippen LogP contribution in [0.15, 0.2) is 60.8 Å². The Hall–Kier alpha value is -1.84. The highest BCUT2D eigenvalue weighted by Gasteiger charge is 2.26. The number of unbranched alkanes of at least 4 members (excludes halogenated alkanes) is 16. The fraction of sp³-hybridized carbons (Fsp3) is 0.750. The molecule has 0 bridgehead atoms. The van der Waals surface area contributed by atoms with Crippen LogP contribution in [0.5, 0.6) is 0 Å². The van der Waals surface area contributed by atoms with Crippen LogP contribution in [-0.2, 0) is 27.9 Å². The summed E-state index contributed by atoms with van der Waals surface area (Å²) < 4.78 is 33.3. The average Bonchev–Trinajstić information content (AvgIpc) is 3.16. The number of ether oxygens (including phenoxy) is 2. The van der Waals surface area contributed by atoms with E-state index in [4.69, 9.17) is 23.6 Å². The molecular formula is C44H79O9P. The van der Waals surface area contributed by atoms with Gasteiger partial charge in [0.15, 0.2) is 0 Å². The minimum atomic E-state index is -4.53. The summed E-state index contributed by atoms with van der Waals surface area (Å²) in [4.78, 5) is 22.5. The Morgan fingerprint density at radius 2 is 1.04 bits per heavy atom. The highest BCUT2D eigenvalue weighted by molar-refractivity contribution is 7.47. The Balaban J connectivity index is 4.28. The third-order valence-corrected chi connectivity index (χ3v) is 9.67. The van der Waals surface area contributed by atoms with Gasteiger partial charge in [0, 0.05) is 13.0 Å². The van der Waals surface area contributed by atoms with Crippen molar-refractivity contribution < 1.29 is 43.0 Å². The predicted molar refractivity (Wildman–Crippen MR) is 223 cm³/mol. The molecule has 3 atom stereocenters. The van der Waals surface area contributed by atoms with Crippen LogP contribution in [0.2, 0.25) is 0 Å². The van der Waals surface area contributed by atoms with Gasteiger partial charge in [0.25, 0.3) is 0 Å². The molecule has 314 valence electrons. The van der Waals surface area contributed by atoms with Gasteiger partial charge in [0.2, 0.25) is 0 Å². The van der Waals surface area contributed by atoms with Crippen molar-refractivity contribution in [2.45, 2.75) is 180 Å². The van der Waals surface area contributed by atoms with Crippen LogP contribution in [0, 0.1) is 0 Å². The van der Waals surface area contributed by atoms with Crippen molar-refractivity contribution >= 4 is 13.8 Å². The number of hydrogen-bond donors (Lipinski definition) is 3. The Kier molecular flexibility index (Phi) is 39.4. The molecule has 0 aromatic carbocycles. The van der Waals surface area contributed by atoms with Crippen LogP contribution in [0.4, 0.5) is 0 Å². The minimum absolute atomic E-state index is 0.0263. The number of hydrogen-bond acceptors (Lipinski definition) is 8. The fourth-order valence-corrected chi connectivity index (χ4v) is 6.30. The van der Waals surface area contributed by atoms with Crippen LogP contribution in [0.3, 0.4) is 0 Å². The lowest BCUT2D eigenvalue weighted by Crippen LogP contribution is -2.29. The summed E-state index contributed by atoms with van der Waals surface area (Å²) in [5.74, 6) is -0.439. The summed E-state index contributed by atoms with van der Waals surface area (Å²) in [5, 5.41) is 18.3. The summed E-state index contributed by atoms with van der Waals surface area (Å²) in [6, 6.07) is 0. The first-order chi connectivity index (χ1) is 26.3. The third kappa shape index (κ3) is 39.8. The molecule has 0 spiro atoms. The van der Waals surface area contributed by atoms with Gasteiger partial charge in [-0.25, -0.2) is 4.57 Å². The first-order valence-electron chi connectivity index (χ1n) is 21.3. The lowest BCUT2D eigenvalue weighted by molar-refractivity contribution is -0.154. The minimum Gasteiger partial charge on any atom is -0.457 e. The van der Waals surface area contributed by atoms with Crippen LogP contribution in [0.25, 0.3) is 0 Å². The number of aliphatic hydroxyl groups excluding tert-OH is 2. The van der Waals surface area contributed by atoms with E-state index < -0.39 is 45.8 Å².